The van der Waals surface area contributed by atoms with Crippen molar-refractivity contribution < 1.29 is 18.7 Å². The van der Waals surface area contributed by atoms with Crippen LogP contribution in [0.2, 0.25) is 18.1 Å². The second kappa shape index (κ2) is 5.99. The van der Waals surface area contributed by atoms with Crippen molar-refractivity contribution in [2.24, 2.45) is 5.41 Å². The molecule has 1 aliphatic rings. The number of esters is 1. The molecule has 0 unspecified atom stereocenters. The number of aryl methyl sites for hydroxylation is 1. The van der Waals surface area contributed by atoms with Crippen LogP contribution in [0.25, 0.3) is 0 Å². The van der Waals surface area contributed by atoms with Crippen LogP contribution in [0.15, 0.2) is 10.7 Å². The Morgan fingerprint density at radius 1 is 1.33 bits per heavy atom. The Morgan fingerprint density at radius 2 is 1.92 bits per heavy atom. The minimum Gasteiger partial charge on any atom is -0.452 e. The molecule has 1 saturated carbocycles. The molecule has 0 aliphatic heterocycles. The van der Waals surface area contributed by atoms with Crippen LogP contribution in [0.5, 0.6) is 0 Å². The van der Waals surface area contributed by atoms with E-state index in [2.05, 4.69) is 18.8 Å². The third-order valence-corrected chi connectivity index (χ3v) is 8.81. The van der Waals surface area contributed by atoms with E-state index >= 15 is 0 Å². The molecule has 6 heteroatoms. The fraction of sp³-hybridized carbons (Fsp3) is 0.778. The topological polar surface area (TPSA) is 72.6 Å². The largest absolute Gasteiger partial charge is 0.452 e. The summed E-state index contributed by atoms with van der Waals surface area (Å²) in [7, 11) is -2.24. The fourth-order valence-corrected chi connectivity index (χ4v) is 2.95. The zero-order chi connectivity index (χ0) is 18.4. The highest BCUT2D eigenvalue weighted by atomic mass is 28.4. The summed E-state index contributed by atoms with van der Waals surface area (Å²) in [6, 6.07) is 0. The molecule has 0 aromatic carbocycles. The standard InChI is InChI=1S/C18H31NO4Si/c1-16(2,3)15(20)23-18(10-11-18)13-12-22-14(19-13)8-9-17(4,5)24(6,7)21/h12,21H,8-11H2,1-7H3. The van der Waals surface area contributed by atoms with Crippen LogP contribution in [0, 0.1) is 5.41 Å². The van der Waals surface area contributed by atoms with E-state index in [0.29, 0.717) is 18.0 Å². The summed E-state index contributed by atoms with van der Waals surface area (Å²) in [5.41, 5.74) is -0.399. The average Bonchev–Trinajstić information content (AvgIpc) is 3.02. The van der Waals surface area contributed by atoms with Crippen molar-refractivity contribution in [3.05, 3.63) is 17.8 Å². The first kappa shape index (κ1) is 19.2. The minimum absolute atomic E-state index is 0.113. The van der Waals surface area contributed by atoms with E-state index in [1.165, 1.54) is 0 Å². The molecule has 0 saturated heterocycles. The number of hydrogen-bond donors (Lipinski definition) is 1. The maximum atomic E-state index is 12.2. The van der Waals surface area contributed by atoms with Crippen LogP contribution < -0.4 is 0 Å². The highest BCUT2D eigenvalue weighted by Crippen LogP contribution is 2.50. The molecule has 1 fully saturated rings. The second-order valence-corrected chi connectivity index (χ2v) is 13.7. The SMILES string of the molecule is CC(C)(C)C(=O)OC1(c2coc(CCC(C)(C)[Si](C)(C)O)n2)CC1. The molecule has 0 spiro atoms. The summed E-state index contributed by atoms with van der Waals surface area (Å²) in [6.07, 6.45) is 4.70. The molecule has 1 aromatic heterocycles. The minimum atomic E-state index is -2.24. The third-order valence-electron chi connectivity index (χ3n) is 5.24. The van der Waals surface area contributed by atoms with Gasteiger partial charge in [0.25, 0.3) is 0 Å². The molecule has 24 heavy (non-hydrogen) atoms. The van der Waals surface area contributed by atoms with Crippen LogP contribution in [0.4, 0.5) is 0 Å². The van der Waals surface area contributed by atoms with Crippen molar-refractivity contribution in [3.63, 3.8) is 0 Å². The molecule has 2 rings (SSSR count). The summed E-state index contributed by atoms with van der Waals surface area (Å²) in [6.45, 7) is 13.7. The van der Waals surface area contributed by atoms with Crippen LogP contribution in [-0.2, 0) is 21.6 Å². The van der Waals surface area contributed by atoms with Crippen molar-refractivity contribution in [2.75, 3.05) is 0 Å². The van der Waals surface area contributed by atoms with Gasteiger partial charge in [0.2, 0.25) is 0 Å². The van der Waals surface area contributed by atoms with E-state index < -0.39 is 19.3 Å². The maximum Gasteiger partial charge on any atom is 0.312 e. The van der Waals surface area contributed by atoms with Gasteiger partial charge >= 0.3 is 5.97 Å². The molecule has 1 heterocycles. The van der Waals surface area contributed by atoms with Crippen molar-refractivity contribution >= 4 is 14.3 Å². The zero-order valence-corrected chi connectivity index (χ0v) is 17.0. The highest BCUT2D eigenvalue weighted by Gasteiger charge is 2.52. The molecular weight excluding hydrogens is 322 g/mol. The van der Waals surface area contributed by atoms with Gasteiger partial charge in [0, 0.05) is 6.42 Å². The van der Waals surface area contributed by atoms with Gasteiger partial charge in [0.05, 0.1) is 5.41 Å². The summed E-state index contributed by atoms with van der Waals surface area (Å²) < 4.78 is 11.3. The van der Waals surface area contributed by atoms with E-state index in [1.807, 2.05) is 33.9 Å². The van der Waals surface area contributed by atoms with Gasteiger partial charge in [-0.05, 0) is 58.2 Å². The van der Waals surface area contributed by atoms with Gasteiger partial charge in [-0.3, -0.25) is 4.79 Å². The van der Waals surface area contributed by atoms with Crippen molar-refractivity contribution in [1.82, 2.24) is 4.98 Å². The molecule has 1 aromatic rings. The molecule has 0 amide bonds. The monoisotopic (exact) mass is 353 g/mol. The number of ether oxygens (including phenoxy) is 1. The van der Waals surface area contributed by atoms with Crippen LogP contribution in [0.3, 0.4) is 0 Å². The Labute approximate surface area is 145 Å². The predicted molar refractivity (Wildman–Crippen MR) is 95.0 cm³/mol. The maximum absolute atomic E-state index is 12.2. The Bertz CT molecular complexity index is 603. The highest BCUT2D eigenvalue weighted by molar-refractivity contribution is 6.72. The number of rotatable bonds is 6. The summed E-state index contributed by atoms with van der Waals surface area (Å²) in [5, 5.41) is -0.113. The summed E-state index contributed by atoms with van der Waals surface area (Å²) in [5.74, 6) is 0.438. The predicted octanol–water partition coefficient (Wildman–Crippen LogP) is 4.16. The lowest BCUT2D eigenvalue weighted by Crippen LogP contribution is -2.39. The molecule has 1 aliphatic carbocycles. The van der Waals surface area contributed by atoms with E-state index in [-0.39, 0.29) is 11.0 Å². The molecule has 136 valence electrons. The van der Waals surface area contributed by atoms with Crippen molar-refractivity contribution in [2.45, 2.75) is 84.0 Å². The quantitative estimate of drug-likeness (QED) is 0.614. The average molecular weight is 354 g/mol. The molecular formula is C18H31NO4Si. The number of carbonyl (C=O) groups excluding carboxylic acids is 1. The first-order chi connectivity index (χ1) is 10.8. The number of oxazole rings is 1. The summed E-state index contributed by atoms with van der Waals surface area (Å²) >= 11 is 0. The van der Waals surface area contributed by atoms with Crippen LogP contribution >= 0.6 is 0 Å². The Kier molecular flexibility index (Phi) is 4.78. The lowest BCUT2D eigenvalue weighted by atomic mass is 9.97. The van der Waals surface area contributed by atoms with E-state index in [4.69, 9.17) is 9.15 Å². The molecule has 0 radical (unpaired) electrons. The van der Waals surface area contributed by atoms with E-state index in [0.717, 1.165) is 19.3 Å². The number of carbonyl (C=O) groups is 1. The summed E-state index contributed by atoms with van der Waals surface area (Å²) in [4.78, 5) is 27.1. The second-order valence-electron chi connectivity index (χ2n) is 9.20. The van der Waals surface area contributed by atoms with Crippen molar-refractivity contribution in [1.29, 1.82) is 0 Å². The van der Waals surface area contributed by atoms with Crippen LogP contribution in [-0.4, -0.2) is 24.1 Å². The van der Waals surface area contributed by atoms with Gasteiger partial charge in [-0.2, -0.15) is 0 Å². The Hall–Kier alpha value is -1.14. The number of aromatic nitrogens is 1. The normalized spacial score (nSPS) is 17.7. The molecule has 0 atom stereocenters. The molecule has 0 bridgehead atoms. The van der Waals surface area contributed by atoms with Gasteiger partial charge in [0.1, 0.15) is 12.0 Å². The van der Waals surface area contributed by atoms with E-state index in [1.54, 1.807) is 6.26 Å². The van der Waals surface area contributed by atoms with Gasteiger partial charge in [-0.15, -0.1) is 0 Å². The lowest BCUT2D eigenvalue weighted by Gasteiger charge is -2.34. The zero-order valence-electron chi connectivity index (χ0n) is 16.0. The Balaban J connectivity index is 2.02. The first-order valence-electron chi connectivity index (χ1n) is 8.68. The van der Waals surface area contributed by atoms with Gasteiger partial charge in [-0.1, -0.05) is 13.8 Å². The number of nitrogens with zero attached hydrogens (tertiary/aromatic N) is 1. The number of hydrogen-bond acceptors (Lipinski definition) is 5. The van der Waals surface area contributed by atoms with Gasteiger partial charge in [0.15, 0.2) is 19.8 Å². The third kappa shape index (κ3) is 4.09. The molecule has 5 nitrogen and oxygen atoms in total. The Morgan fingerprint density at radius 3 is 2.38 bits per heavy atom. The van der Waals surface area contributed by atoms with E-state index in [9.17, 15) is 9.59 Å². The van der Waals surface area contributed by atoms with Gasteiger partial charge in [-0.25, -0.2) is 4.98 Å². The van der Waals surface area contributed by atoms with Gasteiger partial charge < -0.3 is 13.9 Å². The fourth-order valence-electron chi connectivity index (χ4n) is 2.21. The first-order valence-corrected chi connectivity index (χ1v) is 11.6. The smallest absolute Gasteiger partial charge is 0.312 e. The van der Waals surface area contributed by atoms with Crippen LogP contribution in [0.1, 0.15) is 65.5 Å². The molecule has 1 N–H and O–H groups in total. The lowest BCUT2D eigenvalue weighted by molar-refractivity contribution is -0.161. The van der Waals surface area contributed by atoms with Crippen molar-refractivity contribution in [3.8, 4) is 0 Å².